The number of imidazole rings is 1. The van der Waals surface area contributed by atoms with E-state index < -0.39 is 0 Å². The van der Waals surface area contributed by atoms with Crippen molar-refractivity contribution in [1.82, 2.24) is 20.3 Å². The topological polar surface area (TPSA) is 53.6 Å². The van der Waals surface area contributed by atoms with Crippen LogP contribution in [-0.4, -0.2) is 15.0 Å². The number of H-pyrrole nitrogens is 1. The average Bonchev–Trinajstić information content (AvgIpc) is 2.90. The van der Waals surface area contributed by atoms with E-state index in [0.717, 1.165) is 18.8 Å². The Morgan fingerprint density at radius 2 is 2.53 bits per heavy atom. The molecule has 0 spiro atoms. The summed E-state index contributed by atoms with van der Waals surface area (Å²) in [5, 5.41) is 3.45. The molecule has 0 aliphatic rings. The lowest BCUT2D eigenvalue weighted by Crippen LogP contribution is -2.20. The fourth-order valence-electron chi connectivity index (χ4n) is 1.46. The number of hydrogen-bond donors (Lipinski definition) is 2. The normalized spacial score (nSPS) is 12.9. The van der Waals surface area contributed by atoms with Gasteiger partial charge in [-0.15, -0.1) is 11.3 Å². The third kappa shape index (κ3) is 2.64. The first kappa shape index (κ1) is 10.3. The first-order chi connectivity index (χ1) is 7.40. The van der Waals surface area contributed by atoms with Gasteiger partial charge in [0.1, 0.15) is 5.82 Å². The molecule has 2 N–H and O–H groups in total. The van der Waals surface area contributed by atoms with Crippen molar-refractivity contribution in [2.24, 2.45) is 0 Å². The minimum absolute atomic E-state index is 0.294. The van der Waals surface area contributed by atoms with E-state index in [4.69, 9.17) is 0 Å². The third-order valence-electron chi connectivity index (χ3n) is 2.26. The molecule has 0 aliphatic heterocycles. The van der Waals surface area contributed by atoms with Gasteiger partial charge in [0.05, 0.1) is 11.6 Å². The van der Waals surface area contributed by atoms with Gasteiger partial charge in [0, 0.05) is 30.0 Å². The van der Waals surface area contributed by atoms with Crippen LogP contribution in [0.4, 0.5) is 0 Å². The van der Waals surface area contributed by atoms with Crippen LogP contribution in [0.3, 0.4) is 0 Å². The summed E-state index contributed by atoms with van der Waals surface area (Å²) in [5.41, 5.74) is 1.85. The van der Waals surface area contributed by atoms with E-state index in [-0.39, 0.29) is 0 Å². The minimum Gasteiger partial charge on any atom is -0.347 e. The van der Waals surface area contributed by atoms with Crippen LogP contribution in [0.15, 0.2) is 24.1 Å². The van der Waals surface area contributed by atoms with Crippen LogP contribution in [0.5, 0.6) is 0 Å². The van der Waals surface area contributed by atoms with Gasteiger partial charge in [0.25, 0.3) is 0 Å². The molecule has 2 rings (SSSR count). The molecule has 1 unspecified atom stereocenters. The highest BCUT2D eigenvalue weighted by Crippen LogP contribution is 2.13. The molecule has 0 amide bonds. The highest BCUT2D eigenvalue weighted by atomic mass is 32.1. The number of hydrogen-bond acceptors (Lipinski definition) is 4. The van der Waals surface area contributed by atoms with Crippen molar-refractivity contribution >= 4 is 11.3 Å². The predicted molar refractivity (Wildman–Crippen MR) is 60.6 cm³/mol. The zero-order chi connectivity index (χ0) is 10.5. The average molecular weight is 222 g/mol. The lowest BCUT2D eigenvalue weighted by molar-refractivity contribution is 0.500. The number of nitrogens with one attached hydrogen (secondary N) is 2. The van der Waals surface area contributed by atoms with E-state index in [1.165, 1.54) is 4.88 Å². The Labute approximate surface area is 92.8 Å². The van der Waals surface area contributed by atoms with Crippen molar-refractivity contribution in [3.05, 3.63) is 34.8 Å². The van der Waals surface area contributed by atoms with Crippen molar-refractivity contribution in [2.75, 3.05) is 0 Å². The Hall–Kier alpha value is -1.20. The first-order valence-electron chi connectivity index (χ1n) is 5.00. The van der Waals surface area contributed by atoms with Crippen LogP contribution in [0.1, 0.15) is 30.1 Å². The summed E-state index contributed by atoms with van der Waals surface area (Å²) < 4.78 is 0. The fourth-order valence-corrected chi connectivity index (χ4v) is 2.00. The van der Waals surface area contributed by atoms with Crippen molar-refractivity contribution in [1.29, 1.82) is 0 Å². The van der Waals surface area contributed by atoms with Gasteiger partial charge < -0.3 is 10.3 Å². The van der Waals surface area contributed by atoms with Crippen LogP contribution in [0, 0.1) is 0 Å². The number of rotatable bonds is 5. The largest absolute Gasteiger partial charge is 0.347 e. The fraction of sp³-hybridized carbons (Fsp3) is 0.400. The van der Waals surface area contributed by atoms with E-state index in [1.54, 1.807) is 17.5 Å². The first-order valence-corrected chi connectivity index (χ1v) is 5.88. The predicted octanol–water partition coefficient (Wildman–Crippen LogP) is 2.11. The van der Waals surface area contributed by atoms with E-state index in [1.807, 2.05) is 17.9 Å². The van der Waals surface area contributed by atoms with Gasteiger partial charge in [0.15, 0.2) is 0 Å². The molecular weight excluding hydrogens is 208 g/mol. The highest BCUT2D eigenvalue weighted by Gasteiger charge is 2.10. The van der Waals surface area contributed by atoms with Crippen LogP contribution in [-0.2, 0) is 6.54 Å². The van der Waals surface area contributed by atoms with Gasteiger partial charge in [-0.25, -0.2) is 4.98 Å². The van der Waals surface area contributed by atoms with Crippen LogP contribution in [0.2, 0.25) is 0 Å². The smallest absolute Gasteiger partial charge is 0.123 e. The molecule has 2 aromatic heterocycles. The summed E-state index contributed by atoms with van der Waals surface area (Å²) in [6, 6.07) is 0.294. The Morgan fingerprint density at radius 1 is 1.60 bits per heavy atom. The Bertz CT molecular complexity index is 368. The summed E-state index contributed by atoms with van der Waals surface area (Å²) in [6.45, 7) is 3.00. The molecule has 2 heterocycles. The molecule has 15 heavy (non-hydrogen) atoms. The van der Waals surface area contributed by atoms with Crippen LogP contribution < -0.4 is 5.32 Å². The quantitative estimate of drug-likeness (QED) is 0.814. The second-order valence-electron chi connectivity index (χ2n) is 3.28. The van der Waals surface area contributed by atoms with E-state index >= 15 is 0 Å². The van der Waals surface area contributed by atoms with Gasteiger partial charge in [0.2, 0.25) is 0 Å². The third-order valence-corrected chi connectivity index (χ3v) is 3.04. The zero-order valence-electron chi connectivity index (χ0n) is 8.60. The van der Waals surface area contributed by atoms with Gasteiger partial charge in [-0.05, 0) is 6.42 Å². The van der Waals surface area contributed by atoms with Gasteiger partial charge in [-0.1, -0.05) is 6.92 Å². The summed E-state index contributed by atoms with van der Waals surface area (Å²) in [6.07, 6.45) is 6.55. The monoisotopic (exact) mass is 222 g/mol. The van der Waals surface area contributed by atoms with Gasteiger partial charge in [-0.2, -0.15) is 0 Å². The summed E-state index contributed by atoms with van der Waals surface area (Å²) in [7, 11) is 0. The minimum atomic E-state index is 0.294. The van der Waals surface area contributed by atoms with Crippen molar-refractivity contribution in [3.63, 3.8) is 0 Å². The summed E-state index contributed by atoms with van der Waals surface area (Å²) in [5.74, 6) is 1.00. The second-order valence-corrected chi connectivity index (χ2v) is 4.25. The zero-order valence-corrected chi connectivity index (χ0v) is 9.42. The summed E-state index contributed by atoms with van der Waals surface area (Å²) in [4.78, 5) is 12.7. The molecule has 0 fully saturated rings. The van der Waals surface area contributed by atoms with Crippen LogP contribution >= 0.6 is 11.3 Å². The molecule has 80 valence electrons. The van der Waals surface area contributed by atoms with E-state index in [9.17, 15) is 0 Å². The maximum atomic E-state index is 4.26. The molecule has 0 radical (unpaired) electrons. The summed E-state index contributed by atoms with van der Waals surface area (Å²) >= 11 is 1.67. The Kier molecular flexibility index (Phi) is 3.47. The molecule has 0 saturated carbocycles. The SMILES string of the molecule is CCC(NCc1cncs1)c1ncc[nH]1. The Morgan fingerprint density at radius 3 is 3.13 bits per heavy atom. The van der Waals surface area contributed by atoms with Gasteiger partial charge >= 0.3 is 0 Å². The molecule has 0 saturated heterocycles. The van der Waals surface area contributed by atoms with Crippen molar-refractivity contribution < 1.29 is 0 Å². The molecule has 4 nitrogen and oxygen atoms in total. The van der Waals surface area contributed by atoms with E-state index in [0.29, 0.717) is 6.04 Å². The number of aromatic nitrogens is 3. The lowest BCUT2D eigenvalue weighted by atomic mass is 10.2. The van der Waals surface area contributed by atoms with Gasteiger partial charge in [-0.3, -0.25) is 4.98 Å². The van der Waals surface area contributed by atoms with Crippen molar-refractivity contribution in [3.8, 4) is 0 Å². The molecular formula is C10H14N4S. The molecule has 0 aliphatic carbocycles. The molecule has 1 atom stereocenters. The molecule has 0 bridgehead atoms. The second kappa shape index (κ2) is 5.04. The molecule has 0 aromatic carbocycles. The van der Waals surface area contributed by atoms with Crippen LogP contribution in [0.25, 0.3) is 0 Å². The molecule has 2 aromatic rings. The standard InChI is InChI=1S/C10H14N4S/c1-2-9(10-12-3-4-13-10)14-6-8-5-11-7-15-8/h3-5,7,9,14H,2,6H2,1H3,(H,12,13). The lowest BCUT2D eigenvalue weighted by Gasteiger charge is -2.13. The van der Waals surface area contributed by atoms with Crippen molar-refractivity contribution in [2.45, 2.75) is 25.9 Å². The maximum Gasteiger partial charge on any atom is 0.123 e. The Balaban J connectivity index is 1.92. The number of nitrogens with zero attached hydrogens (tertiary/aromatic N) is 2. The van der Waals surface area contributed by atoms with E-state index in [2.05, 4.69) is 27.2 Å². The number of aromatic amines is 1. The number of thiazole rings is 1. The molecule has 5 heteroatoms. The maximum absolute atomic E-state index is 4.26. The highest BCUT2D eigenvalue weighted by molar-refractivity contribution is 7.09.